The van der Waals surface area contributed by atoms with Crippen LogP contribution >= 0.6 is 22.9 Å². The minimum absolute atomic E-state index is 0.0641. The highest BCUT2D eigenvalue weighted by molar-refractivity contribution is 7.16. The normalized spacial score (nSPS) is 10.7. The van der Waals surface area contributed by atoms with Gasteiger partial charge in [-0.3, -0.25) is 9.48 Å². The SMILES string of the molecule is Cc1nn(C)c(C)c1C(=O)NCCc1ccc(Cl)s1. The van der Waals surface area contributed by atoms with Gasteiger partial charge >= 0.3 is 0 Å². The Bertz CT molecular complexity index is 603. The lowest BCUT2D eigenvalue weighted by Gasteiger charge is -2.04. The second-order valence-corrected chi connectivity index (χ2v) is 6.18. The third-order valence-electron chi connectivity index (χ3n) is 3.02. The maximum Gasteiger partial charge on any atom is 0.255 e. The minimum atomic E-state index is -0.0641. The summed E-state index contributed by atoms with van der Waals surface area (Å²) < 4.78 is 2.50. The van der Waals surface area contributed by atoms with Gasteiger partial charge in [-0.05, 0) is 32.4 Å². The molecule has 2 aromatic rings. The van der Waals surface area contributed by atoms with E-state index in [1.807, 2.05) is 33.0 Å². The average molecular weight is 298 g/mol. The van der Waals surface area contributed by atoms with Crippen LogP contribution in [-0.2, 0) is 13.5 Å². The third-order valence-corrected chi connectivity index (χ3v) is 4.31. The molecule has 1 amide bonds. The van der Waals surface area contributed by atoms with Crippen LogP contribution in [0, 0.1) is 13.8 Å². The Balaban J connectivity index is 1.94. The van der Waals surface area contributed by atoms with E-state index in [4.69, 9.17) is 11.6 Å². The standard InChI is InChI=1S/C13H16ClN3OS/c1-8-12(9(2)17(3)16-8)13(18)15-7-6-10-4-5-11(14)19-10/h4-5H,6-7H2,1-3H3,(H,15,18). The summed E-state index contributed by atoms with van der Waals surface area (Å²) >= 11 is 7.41. The summed E-state index contributed by atoms with van der Waals surface area (Å²) in [6.07, 6.45) is 0.793. The molecule has 0 fully saturated rings. The Morgan fingerprint density at radius 1 is 1.47 bits per heavy atom. The highest BCUT2D eigenvalue weighted by Gasteiger charge is 2.16. The molecule has 0 radical (unpaired) electrons. The molecule has 102 valence electrons. The number of carbonyl (C=O) groups is 1. The predicted octanol–water partition coefficient (Wildman–Crippen LogP) is 2.72. The summed E-state index contributed by atoms with van der Waals surface area (Å²) in [5, 5.41) is 7.16. The highest BCUT2D eigenvalue weighted by Crippen LogP contribution is 2.21. The van der Waals surface area contributed by atoms with Crippen LogP contribution in [0.15, 0.2) is 12.1 Å². The van der Waals surface area contributed by atoms with Crippen molar-refractivity contribution in [1.82, 2.24) is 15.1 Å². The van der Waals surface area contributed by atoms with Crippen LogP contribution < -0.4 is 5.32 Å². The highest BCUT2D eigenvalue weighted by atomic mass is 35.5. The van der Waals surface area contributed by atoms with Crippen LogP contribution in [0.3, 0.4) is 0 Å². The van der Waals surface area contributed by atoms with E-state index >= 15 is 0 Å². The van der Waals surface area contributed by atoms with Gasteiger partial charge in [-0.25, -0.2) is 0 Å². The summed E-state index contributed by atoms with van der Waals surface area (Å²) in [4.78, 5) is 13.3. The van der Waals surface area contributed by atoms with Crippen molar-refractivity contribution in [3.63, 3.8) is 0 Å². The van der Waals surface area contributed by atoms with Gasteiger partial charge in [-0.1, -0.05) is 11.6 Å². The largest absolute Gasteiger partial charge is 0.352 e. The number of hydrogen-bond acceptors (Lipinski definition) is 3. The Morgan fingerprint density at radius 2 is 2.21 bits per heavy atom. The van der Waals surface area contributed by atoms with Gasteiger partial charge in [-0.15, -0.1) is 11.3 Å². The van der Waals surface area contributed by atoms with Crippen molar-refractivity contribution in [1.29, 1.82) is 0 Å². The van der Waals surface area contributed by atoms with Crippen molar-refractivity contribution < 1.29 is 4.79 Å². The molecule has 0 atom stereocenters. The van der Waals surface area contributed by atoms with Gasteiger partial charge in [0.05, 0.1) is 15.6 Å². The molecule has 19 heavy (non-hydrogen) atoms. The molecule has 0 saturated carbocycles. The van der Waals surface area contributed by atoms with Crippen molar-refractivity contribution in [3.8, 4) is 0 Å². The Morgan fingerprint density at radius 3 is 2.74 bits per heavy atom. The Hall–Kier alpha value is -1.33. The number of nitrogens with one attached hydrogen (secondary N) is 1. The molecule has 2 heterocycles. The summed E-state index contributed by atoms with van der Waals surface area (Å²) in [6.45, 7) is 4.35. The van der Waals surface area contributed by atoms with Crippen molar-refractivity contribution in [3.05, 3.63) is 38.3 Å². The fraction of sp³-hybridized carbons (Fsp3) is 0.385. The minimum Gasteiger partial charge on any atom is -0.352 e. The van der Waals surface area contributed by atoms with Gasteiger partial charge in [0.2, 0.25) is 0 Å². The first-order chi connectivity index (χ1) is 8.99. The lowest BCUT2D eigenvalue weighted by atomic mass is 10.2. The Labute approximate surface area is 121 Å². The molecule has 0 aliphatic carbocycles. The molecule has 0 spiro atoms. The lowest BCUT2D eigenvalue weighted by Crippen LogP contribution is -2.26. The van der Waals surface area contributed by atoms with Crippen LogP contribution in [-0.4, -0.2) is 22.2 Å². The van der Waals surface area contributed by atoms with E-state index in [-0.39, 0.29) is 5.91 Å². The van der Waals surface area contributed by atoms with Crippen molar-refractivity contribution in [2.24, 2.45) is 7.05 Å². The number of aryl methyl sites for hydroxylation is 2. The Kier molecular flexibility index (Phi) is 4.27. The number of hydrogen-bond donors (Lipinski definition) is 1. The molecule has 4 nitrogen and oxygen atoms in total. The van der Waals surface area contributed by atoms with Crippen LogP contribution in [0.5, 0.6) is 0 Å². The monoisotopic (exact) mass is 297 g/mol. The maximum absolute atomic E-state index is 12.1. The summed E-state index contributed by atoms with van der Waals surface area (Å²) in [5.41, 5.74) is 2.32. The van der Waals surface area contributed by atoms with E-state index in [1.54, 1.807) is 16.0 Å². The zero-order valence-electron chi connectivity index (χ0n) is 11.2. The second kappa shape index (κ2) is 5.75. The number of nitrogens with zero attached hydrogens (tertiary/aromatic N) is 2. The third kappa shape index (κ3) is 3.16. The summed E-state index contributed by atoms with van der Waals surface area (Å²) in [6, 6.07) is 3.86. The molecule has 1 N–H and O–H groups in total. The second-order valence-electron chi connectivity index (χ2n) is 4.38. The molecule has 0 aliphatic rings. The maximum atomic E-state index is 12.1. The molecule has 2 rings (SSSR count). The van der Waals surface area contributed by atoms with Crippen LogP contribution in [0.25, 0.3) is 0 Å². The first-order valence-electron chi connectivity index (χ1n) is 6.01. The molecule has 0 aromatic carbocycles. The topological polar surface area (TPSA) is 46.9 Å². The van der Waals surface area contributed by atoms with Gasteiger partial charge in [0, 0.05) is 24.2 Å². The van der Waals surface area contributed by atoms with E-state index in [2.05, 4.69) is 10.4 Å². The fourth-order valence-electron chi connectivity index (χ4n) is 1.98. The number of halogens is 1. The predicted molar refractivity (Wildman–Crippen MR) is 78.0 cm³/mol. The van der Waals surface area contributed by atoms with Gasteiger partial charge in [0.15, 0.2) is 0 Å². The lowest BCUT2D eigenvalue weighted by molar-refractivity contribution is 0.0953. The first kappa shape index (κ1) is 14.1. The van der Waals surface area contributed by atoms with Crippen molar-refractivity contribution in [2.45, 2.75) is 20.3 Å². The van der Waals surface area contributed by atoms with E-state index in [1.165, 1.54) is 4.88 Å². The van der Waals surface area contributed by atoms with E-state index in [9.17, 15) is 4.79 Å². The molecule has 0 saturated heterocycles. The van der Waals surface area contributed by atoms with E-state index in [0.717, 1.165) is 22.1 Å². The first-order valence-corrected chi connectivity index (χ1v) is 7.21. The number of amides is 1. The molecular formula is C13H16ClN3OS. The van der Waals surface area contributed by atoms with Crippen molar-refractivity contribution in [2.75, 3.05) is 6.54 Å². The van der Waals surface area contributed by atoms with Crippen LogP contribution in [0.2, 0.25) is 4.34 Å². The van der Waals surface area contributed by atoms with Crippen LogP contribution in [0.1, 0.15) is 26.6 Å². The summed E-state index contributed by atoms with van der Waals surface area (Å²) in [5.74, 6) is -0.0641. The van der Waals surface area contributed by atoms with Gasteiger partial charge in [0.1, 0.15) is 0 Å². The van der Waals surface area contributed by atoms with Gasteiger partial charge < -0.3 is 5.32 Å². The average Bonchev–Trinajstić information content (AvgIpc) is 2.84. The smallest absolute Gasteiger partial charge is 0.255 e. The number of aromatic nitrogens is 2. The van der Waals surface area contributed by atoms with Gasteiger partial charge in [0.25, 0.3) is 5.91 Å². The van der Waals surface area contributed by atoms with E-state index in [0.29, 0.717) is 12.1 Å². The number of thiophene rings is 1. The molecule has 0 aliphatic heterocycles. The summed E-state index contributed by atoms with van der Waals surface area (Å²) in [7, 11) is 1.84. The quantitative estimate of drug-likeness (QED) is 0.943. The van der Waals surface area contributed by atoms with Crippen LogP contribution in [0.4, 0.5) is 0 Å². The van der Waals surface area contributed by atoms with Crippen molar-refractivity contribution >= 4 is 28.8 Å². The molecular weight excluding hydrogens is 282 g/mol. The fourth-order valence-corrected chi connectivity index (χ4v) is 3.06. The van der Waals surface area contributed by atoms with E-state index < -0.39 is 0 Å². The molecule has 0 unspecified atom stereocenters. The molecule has 0 bridgehead atoms. The van der Waals surface area contributed by atoms with Gasteiger partial charge in [-0.2, -0.15) is 5.10 Å². The molecule has 2 aromatic heterocycles. The number of carbonyl (C=O) groups excluding carboxylic acids is 1. The zero-order valence-corrected chi connectivity index (χ0v) is 12.7. The number of rotatable bonds is 4. The molecule has 6 heteroatoms. The zero-order chi connectivity index (χ0) is 14.0.